The first kappa shape index (κ1) is 12.5. The molecule has 2 atom stereocenters. The van der Waals surface area contributed by atoms with Crippen LogP contribution in [0.15, 0.2) is 0 Å². The Bertz CT molecular complexity index is 223. The minimum atomic E-state index is -0.795. The van der Waals surface area contributed by atoms with Gasteiger partial charge in [0.1, 0.15) is 5.54 Å². The molecular weight excluding hydrogens is 192 g/mol. The lowest BCUT2D eigenvalue weighted by Gasteiger charge is -2.23. The number of amides is 1. The zero-order valence-electron chi connectivity index (χ0n) is 9.88. The molecule has 88 valence electrons. The van der Waals surface area contributed by atoms with Crippen LogP contribution in [0, 0.1) is 11.8 Å². The maximum atomic E-state index is 11.8. The minimum Gasteiger partial charge on any atom is -0.379 e. The normalized spacial score (nSPS) is 28.1. The van der Waals surface area contributed by atoms with Crippen LogP contribution in [0.1, 0.15) is 27.2 Å². The van der Waals surface area contributed by atoms with E-state index < -0.39 is 5.54 Å². The van der Waals surface area contributed by atoms with Crippen LogP contribution in [0.4, 0.5) is 0 Å². The highest BCUT2D eigenvalue weighted by atomic mass is 16.5. The molecule has 2 unspecified atom stereocenters. The Morgan fingerprint density at radius 2 is 2.20 bits per heavy atom. The van der Waals surface area contributed by atoms with E-state index in [1.807, 2.05) is 0 Å². The second-order valence-corrected chi connectivity index (χ2v) is 4.89. The third-order valence-corrected chi connectivity index (χ3v) is 3.23. The van der Waals surface area contributed by atoms with E-state index in [4.69, 9.17) is 10.5 Å². The number of hydrogen-bond donors (Lipinski definition) is 2. The predicted molar refractivity (Wildman–Crippen MR) is 59.4 cm³/mol. The van der Waals surface area contributed by atoms with Gasteiger partial charge in [-0.2, -0.15) is 0 Å². The third kappa shape index (κ3) is 3.18. The van der Waals surface area contributed by atoms with Crippen molar-refractivity contribution in [3.05, 3.63) is 0 Å². The summed E-state index contributed by atoms with van der Waals surface area (Å²) >= 11 is 0. The number of rotatable bonds is 4. The van der Waals surface area contributed by atoms with Crippen molar-refractivity contribution in [1.82, 2.24) is 5.32 Å². The van der Waals surface area contributed by atoms with Gasteiger partial charge in [-0.05, 0) is 18.3 Å². The van der Waals surface area contributed by atoms with Gasteiger partial charge in [0, 0.05) is 13.2 Å². The van der Waals surface area contributed by atoms with E-state index in [-0.39, 0.29) is 5.91 Å². The minimum absolute atomic E-state index is 0.0764. The van der Waals surface area contributed by atoms with Gasteiger partial charge in [-0.1, -0.05) is 20.8 Å². The molecule has 0 bridgehead atoms. The molecule has 1 heterocycles. The third-order valence-electron chi connectivity index (χ3n) is 3.23. The van der Waals surface area contributed by atoms with Crippen molar-refractivity contribution in [3.8, 4) is 0 Å². The van der Waals surface area contributed by atoms with Crippen LogP contribution in [0.5, 0.6) is 0 Å². The molecule has 0 saturated carbocycles. The molecule has 1 rings (SSSR count). The monoisotopic (exact) mass is 214 g/mol. The van der Waals surface area contributed by atoms with Crippen LogP contribution in [-0.2, 0) is 9.53 Å². The van der Waals surface area contributed by atoms with E-state index in [1.165, 1.54) is 0 Å². The van der Waals surface area contributed by atoms with Crippen LogP contribution in [0.2, 0.25) is 0 Å². The molecule has 0 aromatic rings. The number of nitrogens with one attached hydrogen (secondary N) is 1. The first-order valence-electron chi connectivity index (χ1n) is 5.60. The second kappa shape index (κ2) is 4.94. The van der Waals surface area contributed by atoms with Crippen LogP contribution in [-0.4, -0.2) is 31.2 Å². The van der Waals surface area contributed by atoms with E-state index in [0.29, 0.717) is 38.0 Å². The average Bonchev–Trinajstić information content (AvgIpc) is 2.62. The Hall–Kier alpha value is -0.610. The van der Waals surface area contributed by atoms with Gasteiger partial charge in [0.25, 0.3) is 0 Å². The van der Waals surface area contributed by atoms with Gasteiger partial charge in [0.05, 0.1) is 6.61 Å². The highest BCUT2D eigenvalue weighted by Crippen LogP contribution is 2.16. The molecule has 1 aliphatic rings. The lowest BCUT2D eigenvalue weighted by Crippen LogP contribution is -2.55. The summed E-state index contributed by atoms with van der Waals surface area (Å²) in [5.74, 6) is 0.964. The summed E-state index contributed by atoms with van der Waals surface area (Å²) in [7, 11) is 0. The molecule has 0 aliphatic carbocycles. The van der Waals surface area contributed by atoms with Crippen molar-refractivity contribution in [2.75, 3.05) is 19.8 Å². The molecule has 1 fully saturated rings. The van der Waals surface area contributed by atoms with E-state index in [2.05, 4.69) is 26.1 Å². The predicted octanol–water partition coefficient (Wildman–Crippen LogP) is 0.513. The largest absolute Gasteiger partial charge is 0.379 e. The number of ether oxygens (including phenoxy) is 1. The molecular formula is C11H22N2O2. The molecule has 15 heavy (non-hydrogen) atoms. The summed E-state index contributed by atoms with van der Waals surface area (Å²) in [6, 6.07) is 0. The van der Waals surface area contributed by atoms with E-state index in [9.17, 15) is 4.79 Å². The average molecular weight is 214 g/mol. The Morgan fingerprint density at radius 1 is 1.53 bits per heavy atom. The smallest absolute Gasteiger partial charge is 0.242 e. The molecule has 1 saturated heterocycles. The van der Waals surface area contributed by atoms with Crippen molar-refractivity contribution < 1.29 is 9.53 Å². The van der Waals surface area contributed by atoms with E-state index in [0.717, 1.165) is 0 Å². The maximum absolute atomic E-state index is 11.8. The molecule has 3 N–H and O–H groups in total. The molecule has 0 radical (unpaired) electrons. The summed E-state index contributed by atoms with van der Waals surface area (Å²) < 4.78 is 5.15. The van der Waals surface area contributed by atoms with Gasteiger partial charge < -0.3 is 15.8 Å². The lowest BCUT2D eigenvalue weighted by molar-refractivity contribution is -0.126. The van der Waals surface area contributed by atoms with Gasteiger partial charge in [-0.3, -0.25) is 4.79 Å². The molecule has 1 amide bonds. The topological polar surface area (TPSA) is 64.4 Å². The fraction of sp³-hybridized carbons (Fsp3) is 0.909. The number of carbonyl (C=O) groups excluding carboxylic acids is 1. The van der Waals surface area contributed by atoms with Gasteiger partial charge in [-0.25, -0.2) is 0 Å². The number of nitrogens with two attached hydrogens (primary N) is 1. The van der Waals surface area contributed by atoms with Gasteiger partial charge in [0.2, 0.25) is 5.91 Å². The Kier molecular flexibility index (Phi) is 4.11. The van der Waals surface area contributed by atoms with Crippen molar-refractivity contribution in [1.29, 1.82) is 0 Å². The summed E-state index contributed by atoms with van der Waals surface area (Å²) in [4.78, 5) is 11.8. The van der Waals surface area contributed by atoms with Crippen molar-refractivity contribution >= 4 is 5.91 Å². The first-order chi connectivity index (χ1) is 6.96. The summed E-state index contributed by atoms with van der Waals surface area (Å²) in [6.45, 7) is 8.04. The summed E-state index contributed by atoms with van der Waals surface area (Å²) in [6.07, 6.45) is 0.620. The molecule has 1 aliphatic heterocycles. The standard InChI is InChI=1S/C11H22N2O2/c1-8(2)9(3)6-13-10(14)11(12)4-5-15-7-11/h8-9H,4-7,12H2,1-3H3,(H,13,14). The van der Waals surface area contributed by atoms with E-state index >= 15 is 0 Å². The Labute approximate surface area is 91.5 Å². The maximum Gasteiger partial charge on any atom is 0.242 e. The van der Waals surface area contributed by atoms with Crippen molar-refractivity contribution in [2.45, 2.75) is 32.7 Å². The number of hydrogen-bond acceptors (Lipinski definition) is 3. The highest BCUT2D eigenvalue weighted by Gasteiger charge is 2.38. The van der Waals surface area contributed by atoms with Crippen LogP contribution >= 0.6 is 0 Å². The second-order valence-electron chi connectivity index (χ2n) is 4.89. The fourth-order valence-corrected chi connectivity index (χ4v) is 1.43. The molecule has 0 aromatic carbocycles. The molecule has 4 nitrogen and oxygen atoms in total. The van der Waals surface area contributed by atoms with Crippen molar-refractivity contribution in [3.63, 3.8) is 0 Å². The van der Waals surface area contributed by atoms with Gasteiger partial charge in [-0.15, -0.1) is 0 Å². The van der Waals surface area contributed by atoms with Crippen LogP contribution in [0.3, 0.4) is 0 Å². The van der Waals surface area contributed by atoms with E-state index in [1.54, 1.807) is 0 Å². The number of carbonyl (C=O) groups is 1. The van der Waals surface area contributed by atoms with Gasteiger partial charge in [0.15, 0.2) is 0 Å². The lowest BCUT2D eigenvalue weighted by atomic mass is 9.96. The summed E-state index contributed by atoms with van der Waals surface area (Å²) in [5.41, 5.74) is 5.13. The van der Waals surface area contributed by atoms with Crippen LogP contribution < -0.4 is 11.1 Å². The Balaban J connectivity index is 2.35. The summed E-state index contributed by atoms with van der Waals surface area (Å²) in [5, 5.41) is 2.90. The molecule has 4 heteroatoms. The van der Waals surface area contributed by atoms with Gasteiger partial charge >= 0.3 is 0 Å². The zero-order valence-corrected chi connectivity index (χ0v) is 9.88. The van der Waals surface area contributed by atoms with Crippen molar-refractivity contribution in [2.24, 2.45) is 17.6 Å². The quantitative estimate of drug-likeness (QED) is 0.717. The van der Waals surface area contributed by atoms with Crippen LogP contribution in [0.25, 0.3) is 0 Å². The zero-order chi connectivity index (χ0) is 11.5. The molecule has 0 spiro atoms. The SMILES string of the molecule is CC(C)C(C)CNC(=O)C1(N)CCOC1. The fourth-order valence-electron chi connectivity index (χ4n) is 1.43. The highest BCUT2D eigenvalue weighted by molar-refractivity contribution is 5.86. The first-order valence-corrected chi connectivity index (χ1v) is 5.60. The Morgan fingerprint density at radius 3 is 2.67 bits per heavy atom. The molecule has 0 aromatic heterocycles.